The van der Waals surface area contributed by atoms with Crippen molar-refractivity contribution < 1.29 is 19.1 Å². The largest absolute Gasteiger partial charge is 0.461 e. The van der Waals surface area contributed by atoms with E-state index in [1.807, 2.05) is 0 Å². The maximum atomic E-state index is 12.7. The van der Waals surface area contributed by atoms with Gasteiger partial charge in [-0.1, -0.05) is 12.2 Å². The molecule has 0 saturated heterocycles. The Balaban J connectivity index is 3.21. The van der Waals surface area contributed by atoms with Gasteiger partial charge in [-0.05, 0) is 39.8 Å². The Labute approximate surface area is 144 Å². The maximum Gasteiger partial charge on any atom is 0.339 e. The topological polar surface area (TPSA) is 55.8 Å². The SMILES string of the molecule is C=CCN1C=C(C(=O)OC(C)C)C=C[C@]1(CC=C)C(=O)OC(C)C. The van der Waals surface area contributed by atoms with Crippen molar-refractivity contribution in [1.29, 1.82) is 0 Å². The van der Waals surface area contributed by atoms with E-state index >= 15 is 0 Å². The smallest absolute Gasteiger partial charge is 0.339 e. The van der Waals surface area contributed by atoms with Crippen LogP contribution >= 0.6 is 0 Å². The number of ether oxygens (including phenoxy) is 2. The van der Waals surface area contributed by atoms with Crippen LogP contribution in [0.3, 0.4) is 0 Å². The highest BCUT2D eigenvalue weighted by atomic mass is 16.5. The van der Waals surface area contributed by atoms with Crippen LogP contribution in [0.2, 0.25) is 0 Å². The second kappa shape index (κ2) is 8.52. The van der Waals surface area contributed by atoms with E-state index in [1.54, 1.807) is 63.1 Å². The lowest BCUT2D eigenvalue weighted by atomic mass is 9.89. The quantitative estimate of drug-likeness (QED) is 0.504. The average molecular weight is 333 g/mol. The molecule has 0 amide bonds. The standard InChI is InChI=1S/C19H27NO4/c1-7-10-19(18(22)24-15(5)6)11-9-16(13-20(19)12-8-2)17(21)23-14(3)4/h7-9,11,13-15H,1-2,10,12H2,3-6H3/t19-/m1/s1. The Morgan fingerprint density at radius 2 is 1.79 bits per heavy atom. The second-order valence-electron chi connectivity index (χ2n) is 6.18. The molecular formula is C19H27NO4. The molecule has 0 aromatic rings. The van der Waals surface area contributed by atoms with Gasteiger partial charge in [0.05, 0.1) is 17.8 Å². The predicted molar refractivity (Wildman–Crippen MR) is 94.1 cm³/mol. The minimum atomic E-state index is -1.04. The van der Waals surface area contributed by atoms with E-state index in [0.717, 1.165) is 0 Å². The summed E-state index contributed by atoms with van der Waals surface area (Å²) in [5, 5.41) is 0. The zero-order chi connectivity index (χ0) is 18.3. The van der Waals surface area contributed by atoms with Gasteiger partial charge in [0, 0.05) is 19.2 Å². The van der Waals surface area contributed by atoms with Gasteiger partial charge in [0.2, 0.25) is 0 Å². The summed E-state index contributed by atoms with van der Waals surface area (Å²) in [4.78, 5) is 26.6. The molecule has 0 aromatic heterocycles. The van der Waals surface area contributed by atoms with Crippen molar-refractivity contribution in [2.24, 2.45) is 0 Å². The molecule has 0 unspecified atom stereocenters. The highest BCUT2D eigenvalue weighted by Gasteiger charge is 2.43. The van der Waals surface area contributed by atoms with E-state index in [1.165, 1.54) is 0 Å². The lowest BCUT2D eigenvalue weighted by molar-refractivity contribution is -0.157. The van der Waals surface area contributed by atoms with Gasteiger partial charge in [-0.2, -0.15) is 0 Å². The maximum absolute atomic E-state index is 12.7. The number of esters is 2. The molecule has 5 nitrogen and oxygen atoms in total. The van der Waals surface area contributed by atoms with Crippen LogP contribution in [0.4, 0.5) is 0 Å². The Kier molecular flexibility index (Phi) is 7.01. The molecule has 1 aliphatic heterocycles. The van der Waals surface area contributed by atoms with Gasteiger partial charge in [0.15, 0.2) is 5.54 Å². The molecule has 0 aromatic carbocycles. The molecule has 24 heavy (non-hydrogen) atoms. The minimum absolute atomic E-state index is 0.217. The number of carbonyl (C=O) groups excluding carboxylic acids is 2. The van der Waals surface area contributed by atoms with E-state index in [4.69, 9.17) is 9.47 Å². The van der Waals surface area contributed by atoms with Crippen LogP contribution in [0.25, 0.3) is 0 Å². The third kappa shape index (κ3) is 4.60. The van der Waals surface area contributed by atoms with Crippen LogP contribution in [-0.4, -0.2) is 41.1 Å². The Hall–Kier alpha value is -2.30. The number of hydrogen-bond acceptors (Lipinski definition) is 5. The molecule has 0 aliphatic carbocycles. The van der Waals surface area contributed by atoms with Crippen LogP contribution in [-0.2, 0) is 19.1 Å². The van der Waals surface area contributed by atoms with Crippen molar-refractivity contribution in [1.82, 2.24) is 4.90 Å². The lowest BCUT2D eigenvalue weighted by Crippen LogP contribution is -2.53. The van der Waals surface area contributed by atoms with Crippen molar-refractivity contribution in [3.05, 3.63) is 49.2 Å². The van der Waals surface area contributed by atoms with Crippen LogP contribution in [0.1, 0.15) is 34.1 Å². The van der Waals surface area contributed by atoms with Crippen LogP contribution in [0.15, 0.2) is 49.2 Å². The molecule has 0 N–H and O–H groups in total. The lowest BCUT2D eigenvalue weighted by Gasteiger charge is -2.41. The van der Waals surface area contributed by atoms with Crippen LogP contribution in [0.5, 0.6) is 0 Å². The van der Waals surface area contributed by atoms with Gasteiger partial charge in [-0.25, -0.2) is 9.59 Å². The fraction of sp³-hybridized carbons (Fsp3) is 0.474. The fourth-order valence-corrected chi connectivity index (χ4v) is 2.40. The molecular weight excluding hydrogens is 306 g/mol. The number of nitrogens with zero attached hydrogens (tertiary/aromatic N) is 1. The molecule has 1 aliphatic rings. The summed E-state index contributed by atoms with van der Waals surface area (Å²) < 4.78 is 10.6. The van der Waals surface area contributed by atoms with Crippen LogP contribution in [0, 0.1) is 0 Å². The fourth-order valence-electron chi connectivity index (χ4n) is 2.40. The van der Waals surface area contributed by atoms with E-state index < -0.39 is 11.5 Å². The Bertz CT molecular complexity index is 560. The van der Waals surface area contributed by atoms with Crippen molar-refractivity contribution in [2.45, 2.75) is 51.9 Å². The summed E-state index contributed by atoms with van der Waals surface area (Å²) >= 11 is 0. The zero-order valence-corrected chi connectivity index (χ0v) is 15.0. The van der Waals surface area contributed by atoms with E-state index in [0.29, 0.717) is 18.5 Å². The molecule has 132 valence electrons. The molecule has 0 radical (unpaired) electrons. The highest BCUT2D eigenvalue weighted by molar-refractivity contribution is 5.94. The monoisotopic (exact) mass is 333 g/mol. The van der Waals surface area contributed by atoms with Gasteiger partial charge in [-0.3, -0.25) is 0 Å². The van der Waals surface area contributed by atoms with Crippen molar-refractivity contribution in [2.75, 3.05) is 6.54 Å². The molecule has 1 atom stereocenters. The summed E-state index contributed by atoms with van der Waals surface area (Å²) in [6, 6.07) is 0. The average Bonchev–Trinajstić information content (AvgIpc) is 2.47. The van der Waals surface area contributed by atoms with Gasteiger partial charge >= 0.3 is 11.9 Å². The highest BCUT2D eigenvalue weighted by Crippen LogP contribution is 2.30. The molecule has 1 heterocycles. The summed E-state index contributed by atoms with van der Waals surface area (Å²) in [5.74, 6) is -0.817. The molecule has 0 fully saturated rings. The van der Waals surface area contributed by atoms with Crippen molar-refractivity contribution in [3.63, 3.8) is 0 Å². The first kappa shape index (κ1) is 19.7. The normalized spacial score (nSPS) is 19.9. The Morgan fingerprint density at radius 3 is 2.29 bits per heavy atom. The first-order chi connectivity index (χ1) is 11.3. The molecule has 1 rings (SSSR count). The van der Waals surface area contributed by atoms with Crippen LogP contribution < -0.4 is 0 Å². The van der Waals surface area contributed by atoms with Gasteiger partial charge < -0.3 is 14.4 Å². The second-order valence-corrected chi connectivity index (χ2v) is 6.18. The number of carbonyl (C=O) groups is 2. The van der Waals surface area contributed by atoms with E-state index in [9.17, 15) is 9.59 Å². The number of hydrogen-bond donors (Lipinski definition) is 0. The predicted octanol–water partition coefficient (Wildman–Crippen LogP) is 3.15. The van der Waals surface area contributed by atoms with Crippen molar-refractivity contribution in [3.8, 4) is 0 Å². The Morgan fingerprint density at radius 1 is 1.17 bits per heavy atom. The van der Waals surface area contributed by atoms with Gasteiger partial charge in [0.25, 0.3) is 0 Å². The van der Waals surface area contributed by atoms with Crippen molar-refractivity contribution >= 4 is 11.9 Å². The molecule has 0 bridgehead atoms. The van der Waals surface area contributed by atoms with E-state index in [2.05, 4.69) is 13.2 Å². The zero-order valence-electron chi connectivity index (χ0n) is 15.0. The van der Waals surface area contributed by atoms with Gasteiger partial charge in [0.1, 0.15) is 0 Å². The van der Waals surface area contributed by atoms with Gasteiger partial charge in [-0.15, -0.1) is 13.2 Å². The number of rotatable bonds is 8. The third-order valence-electron chi connectivity index (χ3n) is 3.40. The summed E-state index contributed by atoms with van der Waals surface area (Å²) in [7, 11) is 0. The summed E-state index contributed by atoms with van der Waals surface area (Å²) in [6.07, 6.45) is 8.13. The molecule has 0 spiro atoms. The first-order valence-corrected chi connectivity index (χ1v) is 8.08. The van der Waals surface area contributed by atoms with E-state index in [-0.39, 0.29) is 18.2 Å². The molecule has 5 heteroatoms. The first-order valence-electron chi connectivity index (χ1n) is 8.08. The minimum Gasteiger partial charge on any atom is -0.461 e. The molecule has 0 saturated carbocycles. The summed E-state index contributed by atoms with van der Waals surface area (Å²) in [5.41, 5.74) is -0.662. The summed E-state index contributed by atoms with van der Waals surface area (Å²) in [6.45, 7) is 15.0. The third-order valence-corrected chi connectivity index (χ3v) is 3.40.